The molecule has 4 heterocycles. The normalized spacial score (nSPS) is 21.6. The first kappa shape index (κ1) is 16.6. The quantitative estimate of drug-likeness (QED) is 0.829. The van der Waals surface area contributed by atoms with Crippen LogP contribution in [0.1, 0.15) is 24.0 Å². The second kappa shape index (κ2) is 7.19. The van der Waals surface area contributed by atoms with Crippen molar-refractivity contribution in [2.45, 2.75) is 31.5 Å². The molecule has 0 aliphatic carbocycles. The summed E-state index contributed by atoms with van der Waals surface area (Å²) in [6.45, 7) is 6.87. The summed E-state index contributed by atoms with van der Waals surface area (Å²) in [6, 6.07) is 0. The fraction of sp³-hybridized carbons (Fsp3) is 0.611. The second-order valence-corrected chi connectivity index (χ2v) is 7.29. The van der Waals surface area contributed by atoms with E-state index in [0.717, 1.165) is 58.7 Å². The molecule has 4 rings (SSSR count). The molecule has 7 heteroatoms. The lowest BCUT2D eigenvalue weighted by Gasteiger charge is -2.47. The molecule has 0 atom stereocenters. The molecule has 0 radical (unpaired) electrons. The molecule has 1 spiro atoms. The number of morpholine rings is 1. The fourth-order valence-corrected chi connectivity index (χ4v) is 3.96. The maximum Gasteiger partial charge on any atom is 0.115 e. The van der Waals surface area contributed by atoms with Crippen LogP contribution in [-0.4, -0.2) is 67.9 Å². The number of ether oxygens (including phenoxy) is 1. The third-order valence-corrected chi connectivity index (χ3v) is 5.28. The van der Waals surface area contributed by atoms with E-state index in [4.69, 9.17) is 4.74 Å². The van der Waals surface area contributed by atoms with E-state index < -0.39 is 0 Å². The van der Waals surface area contributed by atoms with Gasteiger partial charge in [-0.1, -0.05) is 0 Å². The Morgan fingerprint density at radius 1 is 1.00 bits per heavy atom. The molecule has 0 saturated carbocycles. The van der Waals surface area contributed by atoms with Crippen molar-refractivity contribution < 1.29 is 4.74 Å². The lowest BCUT2D eigenvalue weighted by atomic mass is 9.89. The van der Waals surface area contributed by atoms with E-state index in [2.05, 4.69) is 31.1 Å². The van der Waals surface area contributed by atoms with Crippen LogP contribution < -0.4 is 0 Å². The van der Waals surface area contributed by atoms with Crippen molar-refractivity contribution in [3.63, 3.8) is 0 Å². The lowest BCUT2D eigenvalue weighted by molar-refractivity contribution is -0.138. The second-order valence-electron chi connectivity index (χ2n) is 7.29. The SMILES string of the molecule is Cn1cc(CN2CCOC3(CCN(Cc4cncnc4)CC3)C2)cn1. The van der Waals surface area contributed by atoms with Gasteiger partial charge in [0.15, 0.2) is 0 Å². The average Bonchev–Trinajstić information content (AvgIpc) is 3.03. The smallest absolute Gasteiger partial charge is 0.115 e. The van der Waals surface area contributed by atoms with Crippen LogP contribution in [0.5, 0.6) is 0 Å². The number of piperidine rings is 1. The predicted molar refractivity (Wildman–Crippen MR) is 93.7 cm³/mol. The van der Waals surface area contributed by atoms with E-state index >= 15 is 0 Å². The van der Waals surface area contributed by atoms with E-state index in [-0.39, 0.29) is 5.60 Å². The molecule has 2 aliphatic rings. The predicted octanol–water partition coefficient (Wildman–Crippen LogP) is 1.08. The third-order valence-electron chi connectivity index (χ3n) is 5.28. The number of likely N-dealkylation sites (tertiary alicyclic amines) is 1. The molecule has 0 amide bonds. The summed E-state index contributed by atoms with van der Waals surface area (Å²) in [6.07, 6.45) is 11.6. The van der Waals surface area contributed by atoms with Crippen LogP contribution in [-0.2, 0) is 24.9 Å². The number of hydrogen-bond acceptors (Lipinski definition) is 6. The van der Waals surface area contributed by atoms with Crippen LogP contribution in [0.15, 0.2) is 31.1 Å². The summed E-state index contributed by atoms with van der Waals surface area (Å²) >= 11 is 0. The molecule has 2 aromatic heterocycles. The molecule has 0 N–H and O–H groups in total. The highest BCUT2D eigenvalue weighted by molar-refractivity contribution is 5.05. The minimum absolute atomic E-state index is 0.0180. The summed E-state index contributed by atoms with van der Waals surface area (Å²) < 4.78 is 8.14. The zero-order valence-electron chi connectivity index (χ0n) is 14.8. The van der Waals surface area contributed by atoms with Crippen molar-refractivity contribution in [2.24, 2.45) is 7.05 Å². The summed E-state index contributed by atoms with van der Waals surface area (Å²) in [5.74, 6) is 0. The first-order valence-corrected chi connectivity index (χ1v) is 9.01. The summed E-state index contributed by atoms with van der Waals surface area (Å²) in [7, 11) is 1.97. The van der Waals surface area contributed by atoms with Gasteiger partial charge < -0.3 is 4.74 Å². The first-order valence-electron chi connectivity index (χ1n) is 9.01. The Hall–Kier alpha value is -1.83. The van der Waals surface area contributed by atoms with E-state index in [1.54, 1.807) is 6.33 Å². The van der Waals surface area contributed by atoms with Crippen LogP contribution >= 0.6 is 0 Å². The number of nitrogens with zero attached hydrogens (tertiary/aromatic N) is 6. The van der Waals surface area contributed by atoms with Crippen molar-refractivity contribution >= 4 is 0 Å². The van der Waals surface area contributed by atoms with Gasteiger partial charge >= 0.3 is 0 Å². The number of aryl methyl sites for hydroxylation is 1. The van der Waals surface area contributed by atoms with Gasteiger partial charge in [0.05, 0.1) is 18.4 Å². The van der Waals surface area contributed by atoms with Crippen LogP contribution in [0, 0.1) is 0 Å². The van der Waals surface area contributed by atoms with Gasteiger partial charge in [-0.05, 0) is 12.8 Å². The van der Waals surface area contributed by atoms with Gasteiger partial charge in [0, 0.05) is 76.0 Å². The van der Waals surface area contributed by atoms with Crippen molar-refractivity contribution in [1.29, 1.82) is 0 Å². The topological polar surface area (TPSA) is 59.3 Å². The molecule has 2 saturated heterocycles. The van der Waals surface area contributed by atoms with Gasteiger partial charge in [-0.15, -0.1) is 0 Å². The third kappa shape index (κ3) is 4.05. The minimum atomic E-state index is 0.0180. The Kier molecular flexibility index (Phi) is 4.78. The molecule has 2 aromatic rings. The Labute approximate surface area is 148 Å². The largest absolute Gasteiger partial charge is 0.372 e. The molecule has 7 nitrogen and oxygen atoms in total. The highest BCUT2D eigenvalue weighted by atomic mass is 16.5. The van der Waals surface area contributed by atoms with Gasteiger partial charge in [-0.2, -0.15) is 5.10 Å². The minimum Gasteiger partial charge on any atom is -0.372 e. The standard InChI is InChI=1S/C18H26N6O/c1-22-11-17(10-21-22)13-24-6-7-25-18(14-24)2-4-23(5-3-18)12-16-8-19-15-20-9-16/h8-11,15H,2-7,12-14H2,1H3. The van der Waals surface area contributed by atoms with Crippen LogP contribution in [0.4, 0.5) is 0 Å². The van der Waals surface area contributed by atoms with Gasteiger partial charge in [0.2, 0.25) is 0 Å². The highest BCUT2D eigenvalue weighted by Crippen LogP contribution is 2.31. The zero-order chi connectivity index (χ0) is 17.1. The number of aromatic nitrogens is 4. The van der Waals surface area contributed by atoms with Crippen LogP contribution in [0.2, 0.25) is 0 Å². The molecular weight excluding hydrogens is 316 g/mol. The molecule has 0 unspecified atom stereocenters. The molecule has 0 bridgehead atoms. The van der Waals surface area contributed by atoms with Crippen molar-refractivity contribution in [3.05, 3.63) is 42.2 Å². The summed E-state index contributed by atoms with van der Waals surface area (Å²) in [5.41, 5.74) is 2.48. The lowest BCUT2D eigenvalue weighted by Crippen LogP contribution is -2.56. The number of hydrogen-bond donors (Lipinski definition) is 0. The average molecular weight is 342 g/mol. The monoisotopic (exact) mass is 342 g/mol. The van der Waals surface area contributed by atoms with E-state index in [1.165, 1.54) is 11.1 Å². The van der Waals surface area contributed by atoms with E-state index in [0.29, 0.717) is 0 Å². The molecule has 2 aliphatic heterocycles. The van der Waals surface area contributed by atoms with Gasteiger partial charge in [-0.25, -0.2) is 9.97 Å². The zero-order valence-corrected chi connectivity index (χ0v) is 14.8. The molecule has 0 aromatic carbocycles. The Balaban J connectivity index is 1.32. The Bertz CT molecular complexity index is 680. The van der Waals surface area contributed by atoms with Gasteiger partial charge in [0.25, 0.3) is 0 Å². The summed E-state index contributed by atoms with van der Waals surface area (Å²) in [4.78, 5) is 13.2. The first-order chi connectivity index (χ1) is 12.2. The molecule has 134 valence electrons. The number of rotatable bonds is 4. The van der Waals surface area contributed by atoms with Crippen molar-refractivity contribution in [3.8, 4) is 0 Å². The Morgan fingerprint density at radius 3 is 2.48 bits per heavy atom. The van der Waals surface area contributed by atoms with Gasteiger partial charge in [0.1, 0.15) is 6.33 Å². The molecule has 2 fully saturated rings. The van der Waals surface area contributed by atoms with Crippen molar-refractivity contribution in [2.75, 3.05) is 32.8 Å². The maximum atomic E-state index is 6.26. The van der Waals surface area contributed by atoms with Crippen LogP contribution in [0.3, 0.4) is 0 Å². The Morgan fingerprint density at radius 2 is 1.76 bits per heavy atom. The fourth-order valence-electron chi connectivity index (χ4n) is 3.96. The van der Waals surface area contributed by atoms with Gasteiger partial charge in [-0.3, -0.25) is 14.5 Å². The highest BCUT2D eigenvalue weighted by Gasteiger charge is 2.39. The summed E-state index contributed by atoms with van der Waals surface area (Å²) in [5, 5.41) is 4.28. The van der Waals surface area contributed by atoms with E-state index in [1.807, 2.05) is 30.3 Å². The van der Waals surface area contributed by atoms with E-state index in [9.17, 15) is 0 Å². The van der Waals surface area contributed by atoms with Crippen LogP contribution in [0.25, 0.3) is 0 Å². The maximum absolute atomic E-state index is 6.26. The molecule has 25 heavy (non-hydrogen) atoms. The molecular formula is C18H26N6O. The van der Waals surface area contributed by atoms with Crippen molar-refractivity contribution in [1.82, 2.24) is 29.5 Å².